The van der Waals surface area contributed by atoms with Crippen molar-refractivity contribution in [3.05, 3.63) is 103 Å². The predicted molar refractivity (Wildman–Crippen MR) is 156 cm³/mol. The Labute approximate surface area is 250 Å². The van der Waals surface area contributed by atoms with Crippen LogP contribution in [0.25, 0.3) is 45.4 Å². The Morgan fingerprint density at radius 1 is 0.625 bits per heavy atom. The summed E-state index contributed by atoms with van der Waals surface area (Å²) >= 11 is 0. The van der Waals surface area contributed by atoms with E-state index in [0.29, 0.717) is 17.5 Å². The van der Waals surface area contributed by atoms with Gasteiger partial charge < -0.3 is 4.98 Å². The van der Waals surface area contributed by atoms with E-state index in [0.717, 1.165) is 27.9 Å². The predicted octanol–water partition coefficient (Wildman–Crippen LogP) is 7.72. The van der Waals surface area contributed by atoms with Crippen molar-refractivity contribution in [2.45, 2.75) is 52.4 Å². The summed E-state index contributed by atoms with van der Waals surface area (Å²) < 4.78 is 0. The minimum absolute atomic E-state index is 0. The van der Waals surface area contributed by atoms with Gasteiger partial charge in [0.15, 0.2) is 17.5 Å². The molecule has 0 N–H and O–H groups in total. The first-order chi connectivity index (χ1) is 18.6. The Balaban J connectivity index is 0.00000323. The summed E-state index contributed by atoms with van der Waals surface area (Å²) in [6.45, 7) is 14.1. The molecule has 1 aliphatic rings. The van der Waals surface area contributed by atoms with E-state index in [9.17, 15) is 0 Å². The third-order valence-corrected chi connectivity index (χ3v) is 9.33. The quantitative estimate of drug-likeness (QED) is 0.180. The first kappa shape index (κ1) is 27.9. The molecule has 6 rings (SSSR count). The van der Waals surface area contributed by atoms with Gasteiger partial charge in [-0.3, -0.25) is 4.98 Å². The van der Waals surface area contributed by atoms with Crippen LogP contribution in [0.2, 0.25) is 0 Å². The van der Waals surface area contributed by atoms with Gasteiger partial charge in [-0.1, -0.05) is 84.0 Å². The van der Waals surface area contributed by atoms with Crippen molar-refractivity contribution in [1.82, 2.24) is 24.9 Å². The number of hydrogen-bond acceptors (Lipinski definition) is 5. The fraction of sp³-hybridized carbons (Fsp3) is 0.265. The van der Waals surface area contributed by atoms with Gasteiger partial charge in [0, 0.05) is 55.4 Å². The maximum absolute atomic E-state index is 4.83. The zero-order chi connectivity index (χ0) is 27.4. The van der Waals surface area contributed by atoms with Gasteiger partial charge in [0.2, 0.25) is 0 Å². The van der Waals surface area contributed by atoms with Crippen LogP contribution in [0.15, 0.2) is 85.3 Å². The molecule has 0 unspecified atom stereocenters. The maximum atomic E-state index is 4.83. The van der Waals surface area contributed by atoms with Crippen molar-refractivity contribution in [3.8, 4) is 45.4 Å². The van der Waals surface area contributed by atoms with Crippen LogP contribution in [-0.4, -0.2) is 24.9 Å². The van der Waals surface area contributed by atoms with Gasteiger partial charge in [-0.15, -0.1) is 34.9 Å². The summed E-state index contributed by atoms with van der Waals surface area (Å²) in [5.74, 6) is 1.80. The summed E-state index contributed by atoms with van der Waals surface area (Å²) in [6.07, 6.45) is 5.33. The van der Waals surface area contributed by atoms with E-state index in [1.54, 1.807) is 12.4 Å². The summed E-state index contributed by atoms with van der Waals surface area (Å²) in [7, 11) is 0. The van der Waals surface area contributed by atoms with Gasteiger partial charge >= 0.3 is 0 Å². The SMILES string of the molecule is CC1(C)c2c[c-]c(-c3ccc(-c4nc(-c5ccccc5)nc(-c5ccncc5)n4)cn3)cc2C(C)(C)C1(C)C.[Ir]. The molecular weight excluding hydrogens is 671 g/mol. The minimum atomic E-state index is 0. The number of nitrogens with zero attached hydrogens (tertiary/aromatic N) is 5. The van der Waals surface area contributed by atoms with E-state index in [4.69, 9.17) is 19.9 Å². The minimum Gasteiger partial charge on any atom is -0.304 e. The van der Waals surface area contributed by atoms with Gasteiger partial charge in [0.1, 0.15) is 0 Å². The molecule has 203 valence electrons. The number of hydrogen-bond donors (Lipinski definition) is 0. The fourth-order valence-electron chi connectivity index (χ4n) is 5.66. The third kappa shape index (κ3) is 4.40. The van der Waals surface area contributed by atoms with Crippen molar-refractivity contribution in [3.63, 3.8) is 0 Å². The zero-order valence-corrected chi connectivity index (χ0v) is 26.0. The average molecular weight is 703 g/mol. The number of fused-ring (bicyclic) bond motifs is 1. The van der Waals surface area contributed by atoms with E-state index < -0.39 is 0 Å². The second-order valence-electron chi connectivity index (χ2n) is 11.9. The second-order valence-corrected chi connectivity index (χ2v) is 11.9. The van der Waals surface area contributed by atoms with Crippen molar-refractivity contribution >= 4 is 0 Å². The molecule has 6 heteroatoms. The molecule has 40 heavy (non-hydrogen) atoms. The maximum Gasteiger partial charge on any atom is 0.165 e. The molecule has 0 saturated carbocycles. The summed E-state index contributed by atoms with van der Waals surface area (Å²) in [5, 5.41) is 0. The van der Waals surface area contributed by atoms with Crippen molar-refractivity contribution in [2.75, 3.05) is 0 Å². The van der Waals surface area contributed by atoms with Crippen LogP contribution in [0.1, 0.15) is 52.7 Å². The second kappa shape index (κ2) is 10.1. The van der Waals surface area contributed by atoms with E-state index >= 15 is 0 Å². The monoisotopic (exact) mass is 703 g/mol. The van der Waals surface area contributed by atoms with Gasteiger partial charge in [-0.2, -0.15) is 0 Å². The molecule has 1 radical (unpaired) electrons. The van der Waals surface area contributed by atoms with E-state index in [-0.39, 0.29) is 36.4 Å². The molecule has 0 saturated heterocycles. The van der Waals surface area contributed by atoms with Crippen molar-refractivity contribution in [1.29, 1.82) is 0 Å². The number of rotatable bonds is 4. The van der Waals surface area contributed by atoms with Crippen LogP contribution in [0.3, 0.4) is 0 Å². The number of pyridine rings is 2. The Bertz CT molecular complexity index is 1600. The van der Waals surface area contributed by atoms with E-state index in [1.807, 2.05) is 60.8 Å². The molecule has 5 nitrogen and oxygen atoms in total. The van der Waals surface area contributed by atoms with Crippen LogP contribution in [0.5, 0.6) is 0 Å². The Hall–Kier alpha value is -3.60. The van der Waals surface area contributed by atoms with Crippen LogP contribution < -0.4 is 0 Å². The van der Waals surface area contributed by atoms with Gasteiger partial charge in [-0.25, -0.2) is 15.0 Å². The van der Waals surface area contributed by atoms with E-state index in [1.165, 1.54) is 11.1 Å². The Kier molecular flexibility index (Phi) is 7.06. The largest absolute Gasteiger partial charge is 0.304 e. The van der Waals surface area contributed by atoms with Crippen LogP contribution in [0, 0.1) is 11.5 Å². The summed E-state index contributed by atoms with van der Waals surface area (Å²) in [5.41, 5.74) is 7.47. The van der Waals surface area contributed by atoms with Crippen LogP contribution in [-0.2, 0) is 30.9 Å². The average Bonchev–Trinajstić information content (AvgIpc) is 3.07. The van der Waals surface area contributed by atoms with Crippen molar-refractivity contribution < 1.29 is 20.1 Å². The molecule has 2 aromatic carbocycles. The summed E-state index contributed by atoms with van der Waals surface area (Å²) in [6, 6.07) is 25.8. The number of benzene rings is 2. The molecule has 0 fully saturated rings. The molecule has 0 aliphatic heterocycles. The Morgan fingerprint density at radius 3 is 1.80 bits per heavy atom. The third-order valence-electron chi connectivity index (χ3n) is 9.33. The molecule has 0 atom stereocenters. The molecule has 1 aliphatic carbocycles. The smallest absolute Gasteiger partial charge is 0.165 e. The molecule has 0 bridgehead atoms. The van der Waals surface area contributed by atoms with E-state index in [2.05, 4.69) is 64.7 Å². The normalized spacial score (nSPS) is 16.1. The molecule has 3 aromatic heterocycles. The fourth-order valence-corrected chi connectivity index (χ4v) is 5.66. The Morgan fingerprint density at radius 2 is 1.20 bits per heavy atom. The standard InChI is InChI=1S/C34H32N5.Ir/c1-32(2)26-14-12-24(20-27(26)33(3,4)34(32,5)6)28-15-13-25(21-36-28)31-38-29(22-10-8-7-9-11-22)37-30(39-31)23-16-18-35-19-17-23;/h7-11,13-21H,1-6H3;/q-1;. The molecule has 3 heterocycles. The van der Waals surface area contributed by atoms with Gasteiger partial charge in [0.25, 0.3) is 0 Å². The van der Waals surface area contributed by atoms with Gasteiger partial charge in [-0.05, 0) is 34.1 Å². The molecule has 5 aromatic rings. The topological polar surface area (TPSA) is 64.5 Å². The van der Waals surface area contributed by atoms with Crippen molar-refractivity contribution in [2.24, 2.45) is 5.41 Å². The summed E-state index contributed by atoms with van der Waals surface area (Å²) in [4.78, 5) is 23.3. The van der Waals surface area contributed by atoms with Gasteiger partial charge in [0.05, 0.1) is 0 Å². The molecule has 0 amide bonds. The zero-order valence-electron chi connectivity index (χ0n) is 23.7. The first-order valence-electron chi connectivity index (χ1n) is 13.3. The first-order valence-corrected chi connectivity index (χ1v) is 13.3. The number of aromatic nitrogens is 5. The molecule has 0 spiro atoms. The molecular formula is C34H32IrN5-. The van der Waals surface area contributed by atoms with Crippen LogP contribution in [0.4, 0.5) is 0 Å². The van der Waals surface area contributed by atoms with Crippen LogP contribution >= 0.6 is 0 Å².